The third kappa shape index (κ3) is 9.67. The molecule has 2 atom stereocenters. The Morgan fingerprint density at radius 2 is 1.59 bits per heavy atom. The van der Waals surface area contributed by atoms with E-state index in [-0.39, 0.29) is 12.3 Å². The predicted molar refractivity (Wildman–Crippen MR) is 104 cm³/mol. The Labute approximate surface area is 169 Å². The molecule has 0 saturated heterocycles. The van der Waals surface area contributed by atoms with Gasteiger partial charge in [-0.3, -0.25) is 19.2 Å². The second kappa shape index (κ2) is 12.5. The molecule has 0 aromatic heterocycles. The van der Waals surface area contributed by atoms with Crippen LogP contribution in [0, 0.1) is 5.92 Å². The summed E-state index contributed by atoms with van der Waals surface area (Å²) < 4.78 is 0. The van der Waals surface area contributed by atoms with E-state index >= 15 is 0 Å². The van der Waals surface area contributed by atoms with Crippen LogP contribution in [0.15, 0.2) is 30.3 Å². The van der Waals surface area contributed by atoms with Gasteiger partial charge in [0.25, 0.3) is 0 Å². The van der Waals surface area contributed by atoms with E-state index in [0.29, 0.717) is 6.42 Å². The standard InChI is InChI=1S/C19H28N4O6/c1-12(2)8-14(18(27)20-11-17(25)26)23-19(28)15(22-16(24)10-21-29)9-13-6-4-3-5-7-13/h3-7,12,14-15,21,29H,8-11H2,1-2H3,(H,20,27)(H,22,24)(H,23,28)(H,25,26). The first-order valence-electron chi connectivity index (χ1n) is 9.23. The van der Waals surface area contributed by atoms with Crippen LogP contribution < -0.4 is 21.4 Å². The molecule has 10 heteroatoms. The average Bonchev–Trinajstić information content (AvgIpc) is 2.65. The van der Waals surface area contributed by atoms with Gasteiger partial charge in [0, 0.05) is 6.42 Å². The number of carboxylic acid groups (broad SMARTS) is 1. The van der Waals surface area contributed by atoms with E-state index in [4.69, 9.17) is 10.3 Å². The zero-order chi connectivity index (χ0) is 21.8. The minimum atomic E-state index is -1.20. The molecule has 2 unspecified atom stereocenters. The van der Waals surface area contributed by atoms with Gasteiger partial charge in [0.05, 0.1) is 6.54 Å². The van der Waals surface area contributed by atoms with Crippen LogP contribution in [-0.2, 0) is 25.6 Å². The largest absolute Gasteiger partial charge is 0.480 e. The lowest BCUT2D eigenvalue weighted by molar-refractivity contribution is -0.138. The monoisotopic (exact) mass is 408 g/mol. The molecular formula is C19H28N4O6. The van der Waals surface area contributed by atoms with Crippen LogP contribution in [0.5, 0.6) is 0 Å². The summed E-state index contributed by atoms with van der Waals surface area (Å²) in [6.07, 6.45) is 0.469. The molecule has 6 N–H and O–H groups in total. The maximum atomic E-state index is 12.8. The van der Waals surface area contributed by atoms with Crippen LogP contribution in [0.2, 0.25) is 0 Å². The lowest BCUT2D eigenvalue weighted by atomic mass is 10.0. The van der Waals surface area contributed by atoms with Gasteiger partial charge in [-0.15, -0.1) is 0 Å². The van der Waals surface area contributed by atoms with Crippen LogP contribution in [0.3, 0.4) is 0 Å². The highest BCUT2D eigenvalue weighted by molar-refractivity contribution is 5.93. The highest BCUT2D eigenvalue weighted by Gasteiger charge is 2.27. The Balaban J connectivity index is 2.92. The van der Waals surface area contributed by atoms with Crippen molar-refractivity contribution in [1.82, 2.24) is 21.4 Å². The number of carbonyl (C=O) groups excluding carboxylic acids is 3. The van der Waals surface area contributed by atoms with Crippen molar-refractivity contribution < 1.29 is 29.5 Å². The zero-order valence-electron chi connectivity index (χ0n) is 16.5. The average molecular weight is 408 g/mol. The van der Waals surface area contributed by atoms with Crippen molar-refractivity contribution in [2.24, 2.45) is 5.92 Å². The Hall–Kier alpha value is -2.98. The summed E-state index contributed by atoms with van der Waals surface area (Å²) in [6.45, 7) is 2.77. The quantitative estimate of drug-likeness (QED) is 0.253. The van der Waals surface area contributed by atoms with E-state index in [1.165, 1.54) is 0 Å². The molecule has 10 nitrogen and oxygen atoms in total. The Kier molecular flexibility index (Phi) is 10.3. The molecule has 1 aromatic carbocycles. The van der Waals surface area contributed by atoms with Crippen LogP contribution in [-0.4, -0.2) is 59.2 Å². The summed E-state index contributed by atoms with van der Waals surface area (Å²) >= 11 is 0. The molecule has 0 radical (unpaired) electrons. The molecule has 3 amide bonds. The van der Waals surface area contributed by atoms with Gasteiger partial charge in [0.15, 0.2) is 0 Å². The lowest BCUT2D eigenvalue weighted by Gasteiger charge is -2.24. The topological polar surface area (TPSA) is 157 Å². The third-order valence-corrected chi connectivity index (χ3v) is 3.93. The number of hydroxylamine groups is 1. The molecule has 0 aliphatic heterocycles. The van der Waals surface area contributed by atoms with Crippen LogP contribution in [0.25, 0.3) is 0 Å². The van der Waals surface area contributed by atoms with E-state index < -0.39 is 48.9 Å². The van der Waals surface area contributed by atoms with Gasteiger partial charge in [-0.2, -0.15) is 5.48 Å². The van der Waals surface area contributed by atoms with Crippen molar-refractivity contribution in [3.05, 3.63) is 35.9 Å². The fourth-order valence-electron chi connectivity index (χ4n) is 2.64. The summed E-state index contributed by atoms with van der Waals surface area (Å²) in [6, 6.07) is 7.06. The molecule has 160 valence electrons. The summed E-state index contributed by atoms with van der Waals surface area (Å²) in [4.78, 5) is 47.7. The van der Waals surface area contributed by atoms with E-state index in [1.807, 2.05) is 19.9 Å². The number of hydrogen-bond acceptors (Lipinski definition) is 6. The minimum Gasteiger partial charge on any atom is -0.480 e. The van der Waals surface area contributed by atoms with Gasteiger partial charge in [-0.25, -0.2) is 0 Å². The summed E-state index contributed by atoms with van der Waals surface area (Å²) in [5, 5.41) is 24.8. The molecule has 29 heavy (non-hydrogen) atoms. The van der Waals surface area contributed by atoms with Gasteiger partial charge in [0.1, 0.15) is 18.6 Å². The van der Waals surface area contributed by atoms with Gasteiger partial charge in [-0.1, -0.05) is 44.2 Å². The number of rotatable bonds is 12. The van der Waals surface area contributed by atoms with Crippen molar-refractivity contribution in [1.29, 1.82) is 0 Å². The van der Waals surface area contributed by atoms with Gasteiger partial charge >= 0.3 is 5.97 Å². The number of hydrogen-bond donors (Lipinski definition) is 6. The van der Waals surface area contributed by atoms with Crippen LogP contribution >= 0.6 is 0 Å². The van der Waals surface area contributed by atoms with E-state index in [0.717, 1.165) is 5.56 Å². The molecular weight excluding hydrogens is 380 g/mol. The van der Waals surface area contributed by atoms with Crippen molar-refractivity contribution in [3.63, 3.8) is 0 Å². The molecule has 1 aromatic rings. The Morgan fingerprint density at radius 3 is 2.14 bits per heavy atom. The summed E-state index contributed by atoms with van der Waals surface area (Å²) in [7, 11) is 0. The first kappa shape index (κ1) is 24.1. The maximum absolute atomic E-state index is 12.8. The van der Waals surface area contributed by atoms with Gasteiger partial charge in [0.2, 0.25) is 17.7 Å². The van der Waals surface area contributed by atoms with Crippen molar-refractivity contribution in [2.75, 3.05) is 13.1 Å². The molecule has 0 fully saturated rings. The SMILES string of the molecule is CC(C)CC(NC(=O)C(Cc1ccccc1)NC(=O)CNO)C(=O)NCC(=O)O. The molecule has 0 saturated carbocycles. The highest BCUT2D eigenvalue weighted by atomic mass is 16.5. The van der Waals surface area contributed by atoms with E-state index in [1.54, 1.807) is 29.7 Å². The number of carbonyl (C=O) groups is 4. The molecule has 0 aliphatic carbocycles. The lowest BCUT2D eigenvalue weighted by Crippen LogP contribution is -2.55. The molecule has 1 rings (SSSR count). The number of benzene rings is 1. The number of carboxylic acids is 1. The van der Waals surface area contributed by atoms with Crippen LogP contribution in [0.1, 0.15) is 25.8 Å². The predicted octanol–water partition coefficient (Wildman–Crippen LogP) is -0.576. The zero-order valence-corrected chi connectivity index (χ0v) is 16.5. The first-order valence-corrected chi connectivity index (χ1v) is 9.23. The Morgan fingerprint density at radius 1 is 0.931 bits per heavy atom. The van der Waals surface area contributed by atoms with E-state index in [9.17, 15) is 19.2 Å². The molecule has 0 aliphatic rings. The number of amides is 3. The van der Waals surface area contributed by atoms with Crippen molar-refractivity contribution >= 4 is 23.7 Å². The fourth-order valence-corrected chi connectivity index (χ4v) is 2.64. The molecule has 0 spiro atoms. The smallest absolute Gasteiger partial charge is 0.322 e. The maximum Gasteiger partial charge on any atom is 0.322 e. The second-order valence-corrected chi connectivity index (χ2v) is 6.95. The van der Waals surface area contributed by atoms with Crippen molar-refractivity contribution in [3.8, 4) is 0 Å². The van der Waals surface area contributed by atoms with Gasteiger partial charge in [-0.05, 0) is 17.9 Å². The van der Waals surface area contributed by atoms with Crippen LogP contribution in [0.4, 0.5) is 0 Å². The van der Waals surface area contributed by atoms with Crippen molar-refractivity contribution in [2.45, 2.75) is 38.8 Å². The summed E-state index contributed by atoms with van der Waals surface area (Å²) in [5.74, 6) is -2.94. The highest BCUT2D eigenvalue weighted by Crippen LogP contribution is 2.08. The van der Waals surface area contributed by atoms with E-state index in [2.05, 4.69) is 16.0 Å². The molecule has 0 bridgehead atoms. The number of aliphatic carboxylic acids is 1. The second-order valence-electron chi connectivity index (χ2n) is 6.95. The fraction of sp³-hybridized carbons (Fsp3) is 0.474. The first-order chi connectivity index (χ1) is 13.7. The Bertz CT molecular complexity index is 695. The summed E-state index contributed by atoms with van der Waals surface area (Å²) in [5.41, 5.74) is 2.52. The minimum absolute atomic E-state index is 0.0524. The normalized spacial score (nSPS) is 12.7. The molecule has 0 heterocycles. The number of nitrogens with one attached hydrogen (secondary N) is 4. The third-order valence-electron chi connectivity index (χ3n) is 3.93. The van der Waals surface area contributed by atoms with Gasteiger partial charge < -0.3 is 26.3 Å².